The molecule has 0 aliphatic heterocycles. The highest BCUT2D eigenvalue weighted by Gasteiger charge is 2.54. The second kappa shape index (κ2) is 7.24. The monoisotopic (exact) mass is 400 g/mol. The van der Waals surface area contributed by atoms with Crippen LogP contribution in [0.4, 0.5) is 0 Å². The molecule has 2 saturated carbocycles. The lowest BCUT2D eigenvalue weighted by Crippen LogP contribution is -2.43. The zero-order chi connectivity index (χ0) is 20.0. The zero-order valence-electron chi connectivity index (χ0n) is 15.6. The molecule has 7 nitrogen and oxygen atoms in total. The van der Waals surface area contributed by atoms with Crippen molar-refractivity contribution in [2.75, 3.05) is 7.11 Å². The molecule has 1 aromatic carbocycles. The van der Waals surface area contributed by atoms with Gasteiger partial charge in [0.1, 0.15) is 0 Å². The molecular formula is C19H28O7S. The first kappa shape index (κ1) is 20.4. The normalized spacial score (nSPS) is 34.6. The Morgan fingerprint density at radius 2 is 1.81 bits per heavy atom. The Labute approximate surface area is 159 Å². The van der Waals surface area contributed by atoms with E-state index >= 15 is 0 Å². The zero-order valence-corrected chi connectivity index (χ0v) is 16.4. The molecule has 2 fully saturated rings. The molecule has 0 radical (unpaired) electrons. The molecule has 27 heavy (non-hydrogen) atoms. The van der Waals surface area contributed by atoms with Crippen LogP contribution >= 0.6 is 0 Å². The Kier molecular flexibility index (Phi) is 5.46. The van der Waals surface area contributed by atoms with Gasteiger partial charge in [0.15, 0.2) is 11.5 Å². The predicted octanol–water partition coefficient (Wildman–Crippen LogP) is 2.97. The molecule has 8 heteroatoms. The minimum absolute atomic E-state index is 0.116. The summed E-state index contributed by atoms with van der Waals surface area (Å²) in [5, 5.41) is 20.5. The predicted molar refractivity (Wildman–Crippen MR) is 99.5 cm³/mol. The van der Waals surface area contributed by atoms with Crippen LogP contribution in [0.15, 0.2) is 12.1 Å². The molecule has 4 N–H and O–H groups in total. The number of phenols is 1. The van der Waals surface area contributed by atoms with Crippen molar-refractivity contribution in [2.24, 2.45) is 17.3 Å². The molecule has 1 unspecified atom stereocenters. The third-order valence-corrected chi connectivity index (χ3v) is 6.97. The number of aromatic hydroxyl groups is 1. The first-order valence-electron chi connectivity index (χ1n) is 9.32. The van der Waals surface area contributed by atoms with Gasteiger partial charge in [-0.2, -0.15) is 8.42 Å². The summed E-state index contributed by atoms with van der Waals surface area (Å²) in [4.78, 5) is 0. The van der Waals surface area contributed by atoms with E-state index in [2.05, 4.69) is 13.0 Å². The number of methoxy groups -OCH3 is 1. The van der Waals surface area contributed by atoms with Crippen molar-refractivity contribution < 1.29 is 32.5 Å². The van der Waals surface area contributed by atoms with Crippen LogP contribution in [0.5, 0.6) is 11.5 Å². The highest BCUT2D eigenvalue weighted by Crippen LogP contribution is 2.61. The number of fused-ring (bicyclic) bond motifs is 5. The largest absolute Gasteiger partial charge is 0.504 e. The van der Waals surface area contributed by atoms with E-state index in [4.69, 9.17) is 22.3 Å². The number of aliphatic hydroxyl groups excluding tert-OH is 1. The molecule has 3 aliphatic carbocycles. The minimum atomic E-state index is -4.67. The molecule has 0 bridgehead atoms. The summed E-state index contributed by atoms with van der Waals surface area (Å²) in [6.45, 7) is 2.30. The Morgan fingerprint density at radius 3 is 2.44 bits per heavy atom. The summed E-state index contributed by atoms with van der Waals surface area (Å²) in [7, 11) is -3.05. The molecule has 0 spiro atoms. The number of hydrogen-bond acceptors (Lipinski definition) is 5. The first-order chi connectivity index (χ1) is 12.5. The summed E-state index contributed by atoms with van der Waals surface area (Å²) in [6.07, 6.45) is 6.51. The van der Waals surface area contributed by atoms with Gasteiger partial charge in [-0.3, -0.25) is 9.11 Å². The standard InChI is InChI=1S/C19H26O3.H2O4S/c1-19-8-7-12-13(15(19)5-6-18(19)21)4-3-11-9-16(20)17(22-2)10-14(11)12;1-5(2,3)4/h9-10,12-13,15,18,20-21H,3-8H2,1-2H3;(H2,1,2,3,4)/t12-,13+,15-,18?,19-;/m0./s1. The number of phenolic OH excluding ortho intramolecular Hbond substituents is 1. The lowest BCUT2D eigenvalue weighted by Gasteiger charge is -2.50. The van der Waals surface area contributed by atoms with Gasteiger partial charge in [0.05, 0.1) is 13.2 Å². The second-order valence-electron chi connectivity index (χ2n) is 8.22. The van der Waals surface area contributed by atoms with Gasteiger partial charge in [0.25, 0.3) is 0 Å². The van der Waals surface area contributed by atoms with Gasteiger partial charge in [-0.15, -0.1) is 0 Å². The Hall–Kier alpha value is -1.35. The van der Waals surface area contributed by atoms with E-state index < -0.39 is 10.4 Å². The molecule has 152 valence electrons. The average molecular weight is 400 g/mol. The van der Waals surface area contributed by atoms with Gasteiger partial charge in [-0.1, -0.05) is 6.92 Å². The van der Waals surface area contributed by atoms with Crippen LogP contribution in [-0.4, -0.2) is 41.0 Å². The Bertz CT molecular complexity index is 799. The van der Waals surface area contributed by atoms with Crippen molar-refractivity contribution in [3.05, 3.63) is 23.3 Å². The fraction of sp³-hybridized carbons (Fsp3) is 0.684. The summed E-state index contributed by atoms with van der Waals surface area (Å²) in [6, 6.07) is 3.97. The topological polar surface area (TPSA) is 124 Å². The van der Waals surface area contributed by atoms with Crippen LogP contribution < -0.4 is 4.74 Å². The summed E-state index contributed by atoms with van der Waals surface area (Å²) in [5.74, 6) is 2.75. The molecule has 1 aromatic rings. The van der Waals surface area contributed by atoms with Gasteiger partial charge >= 0.3 is 10.4 Å². The first-order valence-corrected chi connectivity index (χ1v) is 10.7. The van der Waals surface area contributed by atoms with Crippen LogP contribution in [0, 0.1) is 17.3 Å². The van der Waals surface area contributed by atoms with Crippen LogP contribution in [0.25, 0.3) is 0 Å². The van der Waals surface area contributed by atoms with Crippen LogP contribution in [-0.2, 0) is 16.8 Å². The number of aliphatic hydroxyl groups is 1. The number of ether oxygens (including phenoxy) is 1. The Balaban J connectivity index is 0.000000376. The third kappa shape index (κ3) is 3.94. The quantitative estimate of drug-likeness (QED) is 0.534. The van der Waals surface area contributed by atoms with Crippen molar-refractivity contribution in [2.45, 2.75) is 57.5 Å². The van der Waals surface area contributed by atoms with Gasteiger partial charge in [0, 0.05) is 0 Å². The van der Waals surface area contributed by atoms with E-state index in [9.17, 15) is 10.2 Å². The molecule has 0 saturated heterocycles. The molecule has 0 aromatic heterocycles. The molecule has 0 heterocycles. The summed E-state index contributed by atoms with van der Waals surface area (Å²) in [5.41, 5.74) is 2.80. The smallest absolute Gasteiger partial charge is 0.394 e. The fourth-order valence-corrected chi connectivity index (χ4v) is 5.72. The van der Waals surface area contributed by atoms with E-state index in [1.807, 2.05) is 6.07 Å². The molecule has 4 rings (SSSR count). The van der Waals surface area contributed by atoms with Crippen molar-refractivity contribution in [3.63, 3.8) is 0 Å². The van der Waals surface area contributed by atoms with Crippen molar-refractivity contribution in [3.8, 4) is 11.5 Å². The van der Waals surface area contributed by atoms with E-state index in [0.29, 0.717) is 23.5 Å². The van der Waals surface area contributed by atoms with Crippen LogP contribution in [0.3, 0.4) is 0 Å². The van der Waals surface area contributed by atoms with Crippen LogP contribution in [0.1, 0.15) is 56.1 Å². The van der Waals surface area contributed by atoms with E-state index in [0.717, 1.165) is 25.7 Å². The van der Waals surface area contributed by atoms with Crippen molar-refractivity contribution >= 4 is 10.4 Å². The van der Waals surface area contributed by atoms with Gasteiger partial charge in [-0.05, 0) is 85.0 Å². The van der Waals surface area contributed by atoms with E-state index in [1.165, 1.54) is 24.0 Å². The van der Waals surface area contributed by atoms with Gasteiger partial charge in [0.2, 0.25) is 0 Å². The van der Waals surface area contributed by atoms with Gasteiger partial charge in [-0.25, -0.2) is 0 Å². The minimum Gasteiger partial charge on any atom is -0.504 e. The lowest BCUT2D eigenvalue weighted by atomic mass is 9.55. The summed E-state index contributed by atoms with van der Waals surface area (Å²) < 4.78 is 36.9. The maximum atomic E-state index is 10.4. The maximum Gasteiger partial charge on any atom is 0.394 e. The van der Waals surface area contributed by atoms with E-state index in [1.54, 1.807) is 7.11 Å². The molecule has 5 atom stereocenters. The fourth-order valence-electron chi connectivity index (χ4n) is 5.72. The average Bonchev–Trinajstić information content (AvgIpc) is 2.88. The molecule has 3 aliphatic rings. The maximum absolute atomic E-state index is 10.4. The summed E-state index contributed by atoms with van der Waals surface area (Å²) >= 11 is 0. The number of benzene rings is 1. The van der Waals surface area contributed by atoms with Crippen molar-refractivity contribution in [1.82, 2.24) is 0 Å². The molecular weight excluding hydrogens is 372 g/mol. The number of rotatable bonds is 1. The van der Waals surface area contributed by atoms with Crippen molar-refractivity contribution in [1.29, 1.82) is 0 Å². The Morgan fingerprint density at radius 1 is 1.15 bits per heavy atom. The number of aryl methyl sites for hydroxylation is 1. The highest BCUT2D eigenvalue weighted by molar-refractivity contribution is 7.79. The van der Waals surface area contributed by atoms with Gasteiger partial charge < -0.3 is 14.9 Å². The third-order valence-electron chi connectivity index (χ3n) is 6.97. The second-order valence-corrected chi connectivity index (χ2v) is 9.12. The lowest BCUT2D eigenvalue weighted by molar-refractivity contribution is -0.0226. The SMILES string of the molecule is COc1cc2c(cc1O)CC[C@@H]1[C@@H]2CC[C@]2(C)C(O)CC[C@@H]12.O=S(=O)(O)O. The van der Waals surface area contributed by atoms with E-state index in [-0.39, 0.29) is 17.3 Å². The highest BCUT2D eigenvalue weighted by atomic mass is 32.3. The number of hydrogen-bond donors (Lipinski definition) is 4. The van der Waals surface area contributed by atoms with Crippen LogP contribution in [0.2, 0.25) is 0 Å². The molecule has 0 amide bonds.